The summed E-state index contributed by atoms with van der Waals surface area (Å²) >= 11 is 1.40. The number of nitrogens with zero attached hydrogens (tertiary/aromatic N) is 3. The van der Waals surface area contributed by atoms with Crippen molar-refractivity contribution in [3.63, 3.8) is 0 Å². The summed E-state index contributed by atoms with van der Waals surface area (Å²) in [7, 11) is 0. The quantitative estimate of drug-likeness (QED) is 0.428. The number of benzene rings is 2. The van der Waals surface area contributed by atoms with E-state index in [4.69, 9.17) is 0 Å². The molecule has 1 heterocycles. The molecule has 1 saturated carbocycles. The van der Waals surface area contributed by atoms with Crippen molar-refractivity contribution in [1.29, 1.82) is 0 Å². The zero-order valence-electron chi connectivity index (χ0n) is 17.0. The van der Waals surface area contributed by atoms with Gasteiger partial charge in [-0.05, 0) is 44.4 Å². The summed E-state index contributed by atoms with van der Waals surface area (Å²) in [5.74, 6) is 1.30. The zero-order valence-corrected chi connectivity index (χ0v) is 17.9. The molecule has 6 nitrogen and oxygen atoms in total. The van der Waals surface area contributed by atoms with E-state index in [9.17, 15) is 9.59 Å². The van der Waals surface area contributed by atoms with Crippen molar-refractivity contribution in [2.45, 2.75) is 49.6 Å². The molecule has 154 valence electrons. The van der Waals surface area contributed by atoms with Crippen LogP contribution in [0.15, 0.2) is 59.8 Å². The van der Waals surface area contributed by atoms with Gasteiger partial charge >= 0.3 is 0 Å². The summed E-state index contributed by atoms with van der Waals surface area (Å²) in [4.78, 5) is 24.3. The first kappa shape index (κ1) is 20.3. The smallest absolute Gasteiger partial charge is 0.237 e. The third-order valence-corrected chi connectivity index (χ3v) is 6.14. The molecular formula is C23H24N4O2S. The van der Waals surface area contributed by atoms with Crippen molar-refractivity contribution in [3.05, 3.63) is 71.5 Å². The number of thioether (sulfide) groups is 1. The minimum Gasteiger partial charge on any atom is -0.325 e. The fourth-order valence-electron chi connectivity index (χ4n) is 3.22. The average Bonchev–Trinajstić information content (AvgIpc) is 3.52. The largest absolute Gasteiger partial charge is 0.325 e. The van der Waals surface area contributed by atoms with Gasteiger partial charge in [-0.1, -0.05) is 54.2 Å². The van der Waals surface area contributed by atoms with E-state index >= 15 is 0 Å². The molecule has 2 aromatic carbocycles. The second kappa shape index (κ2) is 8.83. The summed E-state index contributed by atoms with van der Waals surface area (Å²) in [6.07, 6.45) is 2.28. The molecule has 1 N–H and O–H groups in total. The summed E-state index contributed by atoms with van der Waals surface area (Å²) in [5, 5.41) is 12.1. The molecule has 1 unspecified atom stereocenters. The SMILES string of the molecule is CC(=O)c1cccc(NC(=O)C(C)Sc2nnc(C3CC3)n2Cc2ccccc2)c1. The third-order valence-electron chi connectivity index (χ3n) is 5.06. The number of nitrogens with one attached hydrogen (secondary N) is 1. The molecule has 0 bridgehead atoms. The van der Waals surface area contributed by atoms with Crippen LogP contribution >= 0.6 is 11.8 Å². The van der Waals surface area contributed by atoms with E-state index in [0.29, 0.717) is 23.7 Å². The molecule has 3 aromatic rings. The lowest BCUT2D eigenvalue weighted by Crippen LogP contribution is -2.23. The lowest BCUT2D eigenvalue weighted by molar-refractivity contribution is -0.115. The number of aromatic nitrogens is 3. The lowest BCUT2D eigenvalue weighted by atomic mass is 10.1. The van der Waals surface area contributed by atoms with Gasteiger partial charge < -0.3 is 9.88 Å². The Bertz CT molecular complexity index is 1060. The molecule has 1 fully saturated rings. The van der Waals surface area contributed by atoms with Crippen LogP contribution in [0.2, 0.25) is 0 Å². The molecule has 0 radical (unpaired) electrons. The Labute approximate surface area is 180 Å². The Balaban J connectivity index is 1.48. The van der Waals surface area contributed by atoms with Gasteiger partial charge in [-0.15, -0.1) is 10.2 Å². The van der Waals surface area contributed by atoms with Crippen molar-refractivity contribution < 1.29 is 9.59 Å². The Kier molecular flexibility index (Phi) is 5.99. The van der Waals surface area contributed by atoms with Gasteiger partial charge in [0.2, 0.25) is 5.91 Å². The number of Topliss-reactive ketones (excluding diaryl/α,β-unsaturated/α-hetero) is 1. The van der Waals surface area contributed by atoms with E-state index < -0.39 is 0 Å². The Morgan fingerprint density at radius 2 is 1.90 bits per heavy atom. The second-order valence-corrected chi connectivity index (χ2v) is 8.88. The summed E-state index contributed by atoms with van der Waals surface area (Å²) in [6.45, 7) is 4.06. The molecule has 0 saturated heterocycles. The second-order valence-electron chi connectivity index (χ2n) is 7.57. The first-order valence-corrected chi connectivity index (χ1v) is 10.9. The van der Waals surface area contributed by atoms with Crippen molar-refractivity contribution >= 4 is 29.1 Å². The van der Waals surface area contributed by atoms with Crippen LogP contribution in [0, 0.1) is 0 Å². The number of carbonyl (C=O) groups is 2. The van der Waals surface area contributed by atoms with Crippen LogP contribution in [0.4, 0.5) is 5.69 Å². The molecule has 1 atom stereocenters. The molecule has 0 aliphatic heterocycles. The fraction of sp³-hybridized carbons (Fsp3) is 0.304. The van der Waals surface area contributed by atoms with Crippen molar-refractivity contribution in [2.75, 3.05) is 5.32 Å². The highest BCUT2D eigenvalue weighted by molar-refractivity contribution is 8.00. The van der Waals surface area contributed by atoms with Gasteiger partial charge in [-0.2, -0.15) is 0 Å². The highest BCUT2D eigenvalue weighted by Gasteiger charge is 2.31. The number of rotatable bonds is 8. The molecule has 30 heavy (non-hydrogen) atoms. The summed E-state index contributed by atoms with van der Waals surface area (Å²) in [5.41, 5.74) is 2.37. The standard InChI is InChI=1S/C23H24N4O2S/c1-15(28)19-9-6-10-20(13-19)24-22(29)16(2)30-23-26-25-21(18-11-12-18)27(23)14-17-7-4-3-5-8-17/h3-10,13,16,18H,11-12,14H2,1-2H3,(H,24,29). The van der Waals surface area contributed by atoms with Gasteiger partial charge in [-0.3, -0.25) is 9.59 Å². The number of anilines is 1. The van der Waals surface area contributed by atoms with E-state index in [1.54, 1.807) is 24.3 Å². The number of hydrogen-bond donors (Lipinski definition) is 1. The minimum absolute atomic E-state index is 0.0323. The monoisotopic (exact) mass is 420 g/mol. The van der Waals surface area contributed by atoms with Crippen molar-refractivity contribution in [2.24, 2.45) is 0 Å². The van der Waals surface area contributed by atoms with Crippen LogP contribution in [0.25, 0.3) is 0 Å². The summed E-state index contributed by atoms with van der Waals surface area (Å²) in [6, 6.07) is 17.2. The molecular weight excluding hydrogens is 396 g/mol. The Morgan fingerprint density at radius 1 is 1.13 bits per heavy atom. The number of hydrogen-bond acceptors (Lipinski definition) is 5. The van der Waals surface area contributed by atoms with Crippen LogP contribution in [0.1, 0.15) is 54.4 Å². The predicted octanol–water partition coefficient (Wildman–Crippen LogP) is 4.53. The number of carbonyl (C=O) groups excluding carboxylic acids is 2. The van der Waals surface area contributed by atoms with E-state index in [1.165, 1.54) is 24.2 Å². The molecule has 1 aromatic heterocycles. The van der Waals surface area contributed by atoms with Gasteiger partial charge in [0.1, 0.15) is 5.82 Å². The highest BCUT2D eigenvalue weighted by Crippen LogP contribution is 2.40. The number of ketones is 1. The summed E-state index contributed by atoms with van der Waals surface area (Å²) < 4.78 is 2.14. The Morgan fingerprint density at radius 3 is 2.60 bits per heavy atom. The van der Waals surface area contributed by atoms with Crippen LogP contribution in [-0.4, -0.2) is 31.7 Å². The van der Waals surface area contributed by atoms with Crippen LogP contribution in [-0.2, 0) is 11.3 Å². The minimum atomic E-state index is -0.364. The maximum atomic E-state index is 12.7. The molecule has 1 aliphatic rings. The first-order chi connectivity index (χ1) is 14.5. The number of amides is 1. The van der Waals surface area contributed by atoms with Crippen LogP contribution in [0.5, 0.6) is 0 Å². The molecule has 1 aliphatic carbocycles. The molecule has 1 amide bonds. The highest BCUT2D eigenvalue weighted by atomic mass is 32.2. The van der Waals surface area contributed by atoms with Gasteiger partial charge in [0.25, 0.3) is 0 Å². The lowest BCUT2D eigenvalue weighted by Gasteiger charge is -2.14. The molecule has 0 spiro atoms. The Hall–Kier alpha value is -2.93. The average molecular weight is 421 g/mol. The fourth-order valence-corrected chi connectivity index (χ4v) is 4.07. The van der Waals surface area contributed by atoms with Crippen LogP contribution in [0.3, 0.4) is 0 Å². The van der Waals surface area contributed by atoms with Gasteiger partial charge in [0.15, 0.2) is 10.9 Å². The first-order valence-electron chi connectivity index (χ1n) is 10.1. The van der Waals surface area contributed by atoms with E-state index in [0.717, 1.165) is 23.8 Å². The topological polar surface area (TPSA) is 76.9 Å². The zero-order chi connectivity index (χ0) is 21.1. The van der Waals surface area contributed by atoms with E-state index in [-0.39, 0.29) is 16.9 Å². The maximum Gasteiger partial charge on any atom is 0.237 e. The van der Waals surface area contributed by atoms with Crippen molar-refractivity contribution in [3.8, 4) is 0 Å². The van der Waals surface area contributed by atoms with Gasteiger partial charge in [-0.25, -0.2) is 0 Å². The predicted molar refractivity (Wildman–Crippen MR) is 118 cm³/mol. The maximum absolute atomic E-state index is 12.7. The molecule has 7 heteroatoms. The normalized spacial score (nSPS) is 14.3. The van der Waals surface area contributed by atoms with Crippen LogP contribution < -0.4 is 5.32 Å². The molecule has 4 rings (SSSR count). The van der Waals surface area contributed by atoms with E-state index in [1.807, 2.05) is 25.1 Å². The van der Waals surface area contributed by atoms with Crippen molar-refractivity contribution in [1.82, 2.24) is 14.8 Å². The van der Waals surface area contributed by atoms with Gasteiger partial charge in [0, 0.05) is 17.2 Å². The van der Waals surface area contributed by atoms with Gasteiger partial charge in [0.05, 0.1) is 11.8 Å². The van der Waals surface area contributed by atoms with E-state index in [2.05, 4.69) is 32.2 Å². The third kappa shape index (κ3) is 4.79.